The van der Waals surface area contributed by atoms with Gasteiger partial charge in [0.1, 0.15) is 5.75 Å². The van der Waals surface area contributed by atoms with Crippen LogP contribution in [0.5, 0.6) is 5.75 Å². The summed E-state index contributed by atoms with van der Waals surface area (Å²) >= 11 is 0. The zero-order chi connectivity index (χ0) is 17.6. The Bertz CT molecular complexity index is 669. The van der Waals surface area contributed by atoms with E-state index in [1.54, 1.807) is 6.07 Å². The first-order valence-corrected chi connectivity index (χ1v) is 9.78. The van der Waals surface area contributed by atoms with Crippen molar-refractivity contribution in [2.45, 2.75) is 63.3 Å². The van der Waals surface area contributed by atoms with Gasteiger partial charge in [-0.3, -0.25) is 9.69 Å². The van der Waals surface area contributed by atoms with Gasteiger partial charge in [-0.25, -0.2) is 0 Å². The lowest BCUT2D eigenvalue weighted by atomic mass is 9.56. The molecule has 4 heteroatoms. The summed E-state index contributed by atoms with van der Waals surface area (Å²) in [6, 6.07) is 6.41. The Hall–Kier alpha value is -1.55. The van der Waals surface area contributed by atoms with Crippen LogP contribution < -0.4 is 0 Å². The SMILES string of the molecule is C[C@H]1C2Cc3ccc(O)cc3[C@@]1(CCCC(=O)O)CCN2CC1CC1. The molecule has 136 valence electrons. The van der Waals surface area contributed by atoms with Gasteiger partial charge in [0.2, 0.25) is 0 Å². The van der Waals surface area contributed by atoms with E-state index in [2.05, 4.69) is 17.9 Å². The lowest BCUT2D eigenvalue weighted by Gasteiger charge is -2.56. The van der Waals surface area contributed by atoms with E-state index >= 15 is 0 Å². The molecule has 4 rings (SSSR count). The Morgan fingerprint density at radius 2 is 2.16 bits per heavy atom. The van der Waals surface area contributed by atoms with Crippen molar-refractivity contribution in [1.29, 1.82) is 0 Å². The summed E-state index contributed by atoms with van der Waals surface area (Å²) in [4.78, 5) is 13.7. The number of likely N-dealkylation sites (tertiary alicyclic amines) is 1. The molecule has 3 aliphatic rings. The maximum absolute atomic E-state index is 11.0. The molecule has 2 aliphatic carbocycles. The molecule has 1 aliphatic heterocycles. The van der Waals surface area contributed by atoms with Crippen LogP contribution in [-0.2, 0) is 16.6 Å². The van der Waals surface area contributed by atoms with Crippen LogP contribution in [0.4, 0.5) is 0 Å². The molecule has 3 atom stereocenters. The van der Waals surface area contributed by atoms with Gasteiger partial charge in [0.15, 0.2) is 0 Å². The summed E-state index contributed by atoms with van der Waals surface area (Å²) in [6.07, 6.45) is 6.75. The van der Waals surface area contributed by atoms with Gasteiger partial charge >= 0.3 is 5.97 Å². The minimum Gasteiger partial charge on any atom is -0.508 e. The summed E-state index contributed by atoms with van der Waals surface area (Å²) in [5, 5.41) is 19.1. The second-order valence-electron chi connectivity index (χ2n) is 8.49. The first kappa shape index (κ1) is 16.9. The first-order valence-electron chi connectivity index (χ1n) is 9.78. The van der Waals surface area contributed by atoms with E-state index in [1.165, 1.54) is 30.5 Å². The number of fused-ring (bicyclic) bond motifs is 4. The van der Waals surface area contributed by atoms with Crippen LogP contribution in [-0.4, -0.2) is 40.2 Å². The van der Waals surface area contributed by atoms with Gasteiger partial charge in [0, 0.05) is 24.4 Å². The summed E-state index contributed by atoms with van der Waals surface area (Å²) < 4.78 is 0. The molecular weight excluding hydrogens is 314 g/mol. The van der Waals surface area contributed by atoms with Gasteiger partial charge in [0.05, 0.1) is 0 Å². The fraction of sp³-hybridized carbons (Fsp3) is 0.667. The van der Waals surface area contributed by atoms with Gasteiger partial charge in [-0.2, -0.15) is 0 Å². The normalized spacial score (nSPS) is 31.6. The Labute approximate surface area is 149 Å². The second-order valence-corrected chi connectivity index (χ2v) is 8.49. The number of hydrogen-bond donors (Lipinski definition) is 2. The van der Waals surface area contributed by atoms with Crippen LogP contribution in [0.2, 0.25) is 0 Å². The molecule has 1 aromatic rings. The van der Waals surface area contributed by atoms with Crippen LogP contribution in [0.3, 0.4) is 0 Å². The van der Waals surface area contributed by atoms with Gasteiger partial charge in [0.25, 0.3) is 0 Å². The maximum atomic E-state index is 11.0. The summed E-state index contributed by atoms with van der Waals surface area (Å²) in [5.41, 5.74) is 2.66. The van der Waals surface area contributed by atoms with Crippen molar-refractivity contribution in [3.63, 3.8) is 0 Å². The monoisotopic (exact) mass is 343 g/mol. The van der Waals surface area contributed by atoms with Gasteiger partial charge in [-0.15, -0.1) is 0 Å². The minimum atomic E-state index is -0.710. The number of carboxylic acid groups (broad SMARTS) is 1. The topological polar surface area (TPSA) is 60.8 Å². The average Bonchev–Trinajstić information content (AvgIpc) is 3.37. The van der Waals surface area contributed by atoms with E-state index in [9.17, 15) is 9.90 Å². The molecule has 25 heavy (non-hydrogen) atoms. The predicted octanol–water partition coefficient (Wildman–Crippen LogP) is 3.56. The number of carboxylic acids is 1. The number of hydrogen-bond acceptors (Lipinski definition) is 3. The molecule has 0 spiro atoms. The van der Waals surface area contributed by atoms with Crippen molar-refractivity contribution in [1.82, 2.24) is 4.90 Å². The smallest absolute Gasteiger partial charge is 0.303 e. The summed E-state index contributed by atoms with van der Waals surface area (Å²) in [6.45, 7) is 4.69. The number of rotatable bonds is 6. The number of phenolic OH excluding ortho intramolecular Hbond substituents is 1. The molecular formula is C21H29NO3. The summed E-state index contributed by atoms with van der Waals surface area (Å²) in [5.74, 6) is 1.03. The van der Waals surface area contributed by atoms with Crippen molar-refractivity contribution in [3.05, 3.63) is 29.3 Å². The molecule has 4 nitrogen and oxygen atoms in total. The highest BCUT2D eigenvalue weighted by atomic mass is 16.4. The summed E-state index contributed by atoms with van der Waals surface area (Å²) in [7, 11) is 0. The third-order valence-electron chi connectivity index (χ3n) is 7.03. The molecule has 1 heterocycles. The highest BCUT2D eigenvalue weighted by Gasteiger charge is 2.51. The molecule has 0 aromatic heterocycles. The molecule has 2 fully saturated rings. The van der Waals surface area contributed by atoms with Crippen LogP contribution in [0.15, 0.2) is 18.2 Å². The highest BCUT2D eigenvalue weighted by Crippen LogP contribution is 2.52. The number of aliphatic carboxylic acids is 1. The van der Waals surface area contributed by atoms with Crippen molar-refractivity contribution >= 4 is 5.97 Å². The van der Waals surface area contributed by atoms with Crippen LogP contribution in [0.25, 0.3) is 0 Å². The lowest BCUT2D eigenvalue weighted by molar-refractivity contribution is -0.137. The zero-order valence-electron chi connectivity index (χ0n) is 15.1. The van der Waals surface area contributed by atoms with Gasteiger partial charge in [-0.1, -0.05) is 13.0 Å². The van der Waals surface area contributed by atoms with Crippen molar-refractivity contribution < 1.29 is 15.0 Å². The van der Waals surface area contributed by atoms with E-state index in [0.717, 1.165) is 31.7 Å². The molecule has 2 bridgehead atoms. The second kappa shape index (κ2) is 6.31. The third-order valence-corrected chi connectivity index (χ3v) is 7.03. The largest absolute Gasteiger partial charge is 0.508 e. The third kappa shape index (κ3) is 3.05. The molecule has 1 unspecified atom stereocenters. The molecule has 0 radical (unpaired) electrons. The van der Waals surface area contributed by atoms with E-state index in [4.69, 9.17) is 5.11 Å². The van der Waals surface area contributed by atoms with E-state index < -0.39 is 5.97 Å². The molecule has 2 N–H and O–H groups in total. The van der Waals surface area contributed by atoms with Crippen LogP contribution >= 0.6 is 0 Å². The predicted molar refractivity (Wildman–Crippen MR) is 96.8 cm³/mol. The standard InChI is InChI=1S/C21H29NO3/c1-14-19-11-16-6-7-17(23)12-18(16)21(14,8-2-3-20(24)25)9-10-22(19)13-15-4-5-15/h6-7,12,14-15,19,23H,2-5,8-11,13H2,1H3,(H,24,25)/t14-,19?,21-/m0/s1. The molecule has 1 saturated carbocycles. The quantitative estimate of drug-likeness (QED) is 0.829. The number of piperidine rings is 1. The van der Waals surface area contributed by atoms with Crippen LogP contribution in [0, 0.1) is 11.8 Å². The number of aromatic hydroxyl groups is 1. The van der Waals surface area contributed by atoms with Gasteiger partial charge in [-0.05, 0) is 80.2 Å². The number of nitrogens with zero attached hydrogens (tertiary/aromatic N) is 1. The number of benzene rings is 1. The highest BCUT2D eigenvalue weighted by molar-refractivity contribution is 5.66. The van der Waals surface area contributed by atoms with E-state index in [0.29, 0.717) is 24.1 Å². The van der Waals surface area contributed by atoms with Crippen molar-refractivity contribution in [3.8, 4) is 5.75 Å². The zero-order valence-corrected chi connectivity index (χ0v) is 15.1. The Kier molecular flexibility index (Phi) is 4.27. The first-order chi connectivity index (χ1) is 12.0. The fourth-order valence-electron chi connectivity index (χ4n) is 5.44. The number of carbonyl (C=O) groups is 1. The lowest BCUT2D eigenvalue weighted by Crippen LogP contribution is -2.59. The minimum absolute atomic E-state index is 0.0203. The molecule has 1 aromatic carbocycles. The van der Waals surface area contributed by atoms with Crippen molar-refractivity contribution in [2.75, 3.05) is 13.1 Å². The fourth-order valence-corrected chi connectivity index (χ4v) is 5.44. The average molecular weight is 343 g/mol. The molecule has 0 amide bonds. The Morgan fingerprint density at radius 1 is 1.36 bits per heavy atom. The van der Waals surface area contributed by atoms with Crippen molar-refractivity contribution in [2.24, 2.45) is 11.8 Å². The van der Waals surface area contributed by atoms with E-state index in [1.807, 2.05) is 6.07 Å². The van der Waals surface area contributed by atoms with Gasteiger partial charge < -0.3 is 10.2 Å². The number of phenols is 1. The molecule has 1 saturated heterocycles. The van der Waals surface area contributed by atoms with Crippen LogP contribution in [0.1, 0.15) is 56.6 Å². The Morgan fingerprint density at radius 3 is 2.88 bits per heavy atom. The Balaban J connectivity index is 1.66. The maximum Gasteiger partial charge on any atom is 0.303 e. The van der Waals surface area contributed by atoms with E-state index in [-0.39, 0.29) is 11.8 Å².